The number of unbranched alkanes of at least 4 members (excludes halogenated alkanes) is 2. The number of hydrogen-bond donors (Lipinski definition) is 1. The Kier molecular flexibility index (Phi) is 7.00. The maximum absolute atomic E-state index is 13.4. The molecule has 0 aliphatic rings. The summed E-state index contributed by atoms with van der Waals surface area (Å²) in [7, 11) is 0. The van der Waals surface area contributed by atoms with E-state index in [1.807, 2.05) is 6.26 Å². The number of nitro benzene ring substituents is 1. The molecule has 0 aliphatic carbocycles. The van der Waals surface area contributed by atoms with Gasteiger partial charge in [-0.05, 0) is 37.0 Å². The third kappa shape index (κ3) is 5.16. The molecule has 0 saturated carbocycles. The Morgan fingerprint density at radius 1 is 1.40 bits per heavy atom. The van der Waals surface area contributed by atoms with Crippen LogP contribution in [0.2, 0.25) is 0 Å². The topological polar surface area (TPSA) is 72.2 Å². The number of halogens is 1. The number of carbonyl (C=O) groups excluding carboxylic acids is 1. The van der Waals surface area contributed by atoms with E-state index in [1.165, 1.54) is 6.07 Å². The first-order valence-electron chi connectivity index (χ1n) is 6.27. The SMILES string of the molecule is CSCCCCCNC(=O)c1ccc([N+](=O)[O-])c(F)c1. The van der Waals surface area contributed by atoms with E-state index in [1.54, 1.807) is 11.8 Å². The molecule has 20 heavy (non-hydrogen) atoms. The first-order chi connectivity index (χ1) is 9.56. The monoisotopic (exact) mass is 300 g/mol. The molecule has 0 aliphatic heterocycles. The van der Waals surface area contributed by atoms with Crippen molar-refractivity contribution in [3.8, 4) is 0 Å². The molecule has 0 atom stereocenters. The van der Waals surface area contributed by atoms with E-state index in [0.29, 0.717) is 6.54 Å². The predicted molar refractivity (Wildman–Crippen MR) is 77.6 cm³/mol. The predicted octanol–water partition coefficient (Wildman–Crippen LogP) is 3.00. The minimum Gasteiger partial charge on any atom is -0.352 e. The van der Waals surface area contributed by atoms with Gasteiger partial charge in [-0.2, -0.15) is 16.2 Å². The highest BCUT2D eigenvalue weighted by atomic mass is 32.2. The zero-order valence-corrected chi connectivity index (χ0v) is 12.0. The summed E-state index contributed by atoms with van der Waals surface area (Å²) >= 11 is 1.78. The van der Waals surface area contributed by atoms with Crippen molar-refractivity contribution in [1.29, 1.82) is 0 Å². The van der Waals surface area contributed by atoms with E-state index < -0.39 is 22.3 Å². The van der Waals surface area contributed by atoms with Crippen LogP contribution in [0.3, 0.4) is 0 Å². The van der Waals surface area contributed by atoms with Gasteiger partial charge in [-0.25, -0.2) is 0 Å². The summed E-state index contributed by atoms with van der Waals surface area (Å²) in [5.74, 6) is -0.312. The molecule has 1 aromatic rings. The van der Waals surface area contributed by atoms with Crippen LogP contribution in [0.25, 0.3) is 0 Å². The van der Waals surface area contributed by atoms with Crippen LogP contribution in [0.4, 0.5) is 10.1 Å². The number of hydrogen-bond acceptors (Lipinski definition) is 4. The summed E-state index contributed by atoms with van der Waals surface area (Å²) in [6, 6.07) is 3.15. The van der Waals surface area contributed by atoms with Gasteiger partial charge in [0.2, 0.25) is 5.82 Å². The molecule has 1 rings (SSSR count). The van der Waals surface area contributed by atoms with E-state index in [9.17, 15) is 19.3 Å². The first kappa shape index (κ1) is 16.4. The fraction of sp³-hybridized carbons (Fsp3) is 0.462. The molecule has 5 nitrogen and oxygen atoms in total. The van der Waals surface area contributed by atoms with Gasteiger partial charge in [0.25, 0.3) is 5.91 Å². The first-order valence-corrected chi connectivity index (χ1v) is 7.66. The van der Waals surface area contributed by atoms with Crippen LogP contribution >= 0.6 is 11.8 Å². The third-order valence-electron chi connectivity index (χ3n) is 2.72. The van der Waals surface area contributed by atoms with E-state index in [4.69, 9.17) is 0 Å². The maximum atomic E-state index is 13.4. The van der Waals surface area contributed by atoms with Crippen molar-refractivity contribution in [3.05, 3.63) is 39.7 Å². The molecule has 0 saturated heterocycles. The van der Waals surface area contributed by atoms with Crippen molar-refractivity contribution < 1.29 is 14.1 Å². The molecule has 0 bridgehead atoms. The Labute approximate surface area is 121 Å². The smallest absolute Gasteiger partial charge is 0.304 e. The summed E-state index contributed by atoms with van der Waals surface area (Å²) in [5.41, 5.74) is -0.532. The second-order valence-corrected chi connectivity index (χ2v) is 5.22. The standard InChI is InChI=1S/C13H17FN2O3S/c1-20-8-4-2-3-7-15-13(17)10-5-6-12(16(18)19)11(14)9-10/h5-6,9H,2-4,7-8H2,1H3,(H,15,17). The van der Waals surface area contributed by atoms with Crippen LogP contribution in [0, 0.1) is 15.9 Å². The van der Waals surface area contributed by atoms with Crippen LogP contribution in [-0.4, -0.2) is 29.4 Å². The zero-order chi connectivity index (χ0) is 15.0. The van der Waals surface area contributed by atoms with Gasteiger partial charge in [0.15, 0.2) is 0 Å². The van der Waals surface area contributed by atoms with Crippen LogP contribution in [0.5, 0.6) is 0 Å². The molecular weight excluding hydrogens is 283 g/mol. The number of thioether (sulfide) groups is 1. The fourth-order valence-electron chi connectivity index (χ4n) is 1.65. The van der Waals surface area contributed by atoms with Gasteiger partial charge in [-0.15, -0.1) is 0 Å². The average Bonchev–Trinajstić information content (AvgIpc) is 2.41. The maximum Gasteiger partial charge on any atom is 0.304 e. The molecule has 1 N–H and O–H groups in total. The Hall–Kier alpha value is -1.63. The quantitative estimate of drug-likeness (QED) is 0.455. The van der Waals surface area contributed by atoms with E-state index in [2.05, 4.69) is 5.32 Å². The third-order valence-corrected chi connectivity index (χ3v) is 3.41. The van der Waals surface area contributed by atoms with Crippen molar-refractivity contribution in [3.63, 3.8) is 0 Å². The van der Waals surface area contributed by atoms with Gasteiger partial charge in [0.05, 0.1) is 4.92 Å². The van der Waals surface area contributed by atoms with Crippen LogP contribution in [-0.2, 0) is 0 Å². The lowest BCUT2D eigenvalue weighted by molar-refractivity contribution is -0.387. The molecule has 0 heterocycles. The number of nitrogens with one attached hydrogen (secondary N) is 1. The van der Waals surface area contributed by atoms with E-state index in [0.717, 1.165) is 37.1 Å². The van der Waals surface area contributed by atoms with Gasteiger partial charge in [-0.1, -0.05) is 6.42 Å². The second-order valence-electron chi connectivity index (χ2n) is 4.23. The Morgan fingerprint density at radius 2 is 2.15 bits per heavy atom. The highest BCUT2D eigenvalue weighted by molar-refractivity contribution is 7.98. The van der Waals surface area contributed by atoms with Gasteiger partial charge < -0.3 is 5.32 Å². The van der Waals surface area contributed by atoms with Crippen LogP contribution in [0.15, 0.2) is 18.2 Å². The summed E-state index contributed by atoms with van der Waals surface area (Å²) in [6.45, 7) is 0.520. The lowest BCUT2D eigenvalue weighted by Gasteiger charge is -2.05. The van der Waals surface area contributed by atoms with Crippen LogP contribution in [0.1, 0.15) is 29.6 Å². The molecule has 1 aromatic carbocycles. The number of rotatable bonds is 8. The van der Waals surface area contributed by atoms with Crippen molar-refractivity contribution >= 4 is 23.4 Å². The molecule has 0 unspecified atom stereocenters. The number of amides is 1. The van der Waals surface area contributed by atoms with Crippen molar-refractivity contribution in [2.24, 2.45) is 0 Å². The summed E-state index contributed by atoms with van der Waals surface area (Å²) in [6.07, 6.45) is 5.03. The van der Waals surface area contributed by atoms with Gasteiger partial charge in [-0.3, -0.25) is 14.9 Å². The number of nitrogens with zero attached hydrogens (tertiary/aromatic N) is 1. The molecule has 7 heteroatoms. The lowest BCUT2D eigenvalue weighted by atomic mass is 10.2. The van der Waals surface area contributed by atoms with Gasteiger partial charge >= 0.3 is 5.69 Å². The molecular formula is C13H17FN2O3S. The second kappa shape index (κ2) is 8.52. The zero-order valence-electron chi connectivity index (χ0n) is 11.2. The highest BCUT2D eigenvalue weighted by Crippen LogP contribution is 2.17. The average molecular weight is 300 g/mol. The minimum atomic E-state index is -0.998. The lowest BCUT2D eigenvalue weighted by Crippen LogP contribution is -2.24. The Balaban J connectivity index is 2.44. The Morgan fingerprint density at radius 3 is 2.75 bits per heavy atom. The molecule has 0 spiro atoms. The molecule has 0 aromatic heterocycles. The van der Waals surface area contributed by atoms with E-state index >= 15 is 0 Å². The van der Waals surface area contributed by atoms with Crippen molar-refractivity contribution in [1.82, 2.24) is 5.32 Å². The number of benzene rings is 1. The minimum absolute atomic E-state index is 0.0946. The molecule has 110 valence electrons. The number of nitro groups is 1. The van der Waals surface area contributed by atoms with Crippen molar-refractivity contribution in [2.45, 2.75) is 19.3 Å². The summed E-state index contributed by atoms with van der Waals surface area (Å²) in [5, 5.41) is 13.1. The fourth-order valence-corrected chi connectivity index (χ4v) is 2.14. The molecule has 0 fully saturated rings. The van der Waals surface area contributed by atoms with Gasteiger partial charge in [0, 0.05) is 18.2 Å². The van der Waals surface area contributed by atoms with Crippen molar-refractivity contribution in [2.75, 3.05) is 18.6 Å². The Bertz CT molecular complexity index is 483. The summed E-state index contributed by atoms with van der Waals surface area (Å²) < 4.78 is 13.4. The normalized spacial score (nSPS) is 10.3. The molecule has 0 radical (unpaired) electrons. The van der Waals surface area contributed by atoms with E-state index in [-0.39, 0.29) is 5.56 Å². The van der Waals surface area contributed by atoms with Gasteiger partial charge in [0.1, 0.15) is 0 Å². The van der Waals surface area contributed by atoms with Crippen LogP contribution < -0.4 is 5.32 Å². The largest absolute Gasteiger partial charge is 0.352 e. The number of carbonyl (C=O) groups is 1. The molecule has 1 amide bonds. The highest BCUT2D eigenvalue weighted by Gasteiger charge is 2.16. The summed E-state index contributed by atoms with van der Waals surface area (Å²) in [4.78, 5) is 21.4.